The number of aromatic nitrogens is 3. The number of benzene rings is 3. The minimum atomic E-state index is -0.721. The van der Waals surface area contributed by atoms with E-state index in [1.54, 1.807) is 48.5 Å². The number of hydrogen-bond donors (Lipinski definition) is 0. The lowest BCUT2D eigenvalue weighted by Crippen LogP contribution is -2.20. The molecular formula is C29H17ClN6O8. The molecule has 6 rings (SSSR count). The zero-order valence-corrected chi connectivity index (χ0v) is 23.2. The zero-order valence-electron chi connectivity index (χ0n) is 22.4. The van der Waals surface area contributed by atoms with Gasteiger partial charge in [-0.15, -0.1) is 0 Å². The summed E-state index contributed by atoms with van der Waals surface area (Å²) in [4.78, 5) is 43.5. The van der Waals surface area contributed by atoms with Crippen LogP contribution in [0.15, 0.2) is 93.3 Å². The number of nitro groups is 2. The fraction of sp³-hybridized carbons (Fsp3) is 0.0345. The van der Waals surface area contributed by atoms with E-state index in [0.717, 1.165) is 23.0 Å². The molecule has 0 aliphatic heterocycles. The molecule has 0 bridgehead atoms. The molecule has 218 valence electrons. The van der Waals surface area contributed by atoms with E-state index in [0.29, 0.717) is 22.2 Å². The van der Waals surface area contributed by atoms with E-state index in [1.165, 1.54) is 25.5 Å². The van der Waals surface area contributed by atoms with E-state index in [9.17, 15) is 25.0 Å². The highest BCUT2D eigenvalue weighted by molar-refractivity contribution is 6.32. The topological polar surface area (TPSA) is 178 Å². The van der Waals surface area contributed by atoms with E-state index in [1.807, 2.05) is 0 Å². The highest BCUT2D eigenvalue weighted by Gasteiger charge is 2.23. The number of methoxy groups -OCH3 is 1. The molecule has 3 aromatic carbocycles. The van der Waals surface area contributed by atoms with Crippen LogP contribution in [0.5, 0.6) is 17.4 Å². The van der Waals surface area contributed by atoms with Crippen molar-refractivity contribution in [2.45, 2.75) is 0 Å². The summed E-state index contributed by atoms with van der Waals surface area (Å²) in [7, 11) is 1.53. The van der Waals surface area contributed by atoms with Crippen LogP contribution < -0.4 is 15.0 Å². The Labute approximate surface area is 250 Å². The molecule has 0 saturated carbocycles. The maximum Gasteiger partial charge on any atom is 0.313 e. The van der Waals surface area contributed by atoms with Gasteiger partial charge in [-0.25, -0.2) is 9.97 Å². The van der Waals surface area contributed by atoms with Crippen LogP contribution in [0.2, 0.25) is 5.02 Å². The zero-order chi connectivity index (χ0) is 31.0. The summed E-state index contributed by atoms with van der Waals surface area (Å²) in [6.07, 6.45) is 2.15. The number of halogens is 1. The summed E-state index contributed by atoms with van der Waals surface area (Å²) in [6, 6.07) is 18.4. The number of pyridine rings is 1. The van der Waals surface area contributed by atoms with Crippen LogP contribution in [-0.2, 0) is 0 Å². The maximum atomic E-state index is 13.6. The lowest BCUT2D eigenvalue weighted by atomic mass is 10.2. The van der Waals surface area contributed by atoms with Crippen molar-refractivity contribution in [2.75, 3.05) is 7.11 Å². The van der Waals surface area contributed by atoms with Gasteiger partial charge in [0.05, 0.1) is 44.5 Å². The lowest BCUT2D eigenvalue weighted by molar-refractivity contribution is -0.385. The summed E-state index contributed by atoms with van der Waals surface area (Å²) < 4.78 is 18.0. The van der Waals surface area contributed by atoms with Gasteiger partial charge in [-0.05, 0) is 36.4 Å². The van der Waals surface area contributed by atoms with Gasteiger partial charge in [0.15, 0.2) is 5.76 Å². The second-order valence-electron chi connectivity index (χ2n) is 9.12. The molecule has 0 fully saturated rings. The molecule has 0 atom stereocenters. The first-order valence-electron chi connectivity index (χ1n) is 12.6. The van der Waals surface area contributed by atoms with Gasteiger partial charge < -0.3 is 13.9 Å². The molecule has 0 N–H and O–H groups in total. The number of para-hydroxylation sites is 1. The van der Waals surface area contributed by atoms with E-state index in [-0.39, 0.29) is 44.9 Å². The Morgan fingerprint density at radius 3 is 2.55 bits per heavy atom. The van der Waals surface area contributed by atoms with Crippen molar-refractivity contribution in [2.24, 2.45) is 5.10 Å². The number of nitrogens with zero attached hydrogens (tertiary/aromatic N) is 6. The summed E-state index contributed by atoms with van der Waals surface area (Å²) in [5.74, 6) is 0.379. The second kappa shape index (κ2) is 11.3. The molecule has 0 amide bonds. The number of rotatable bonds is 8. The first kappa shape index (κ1) is 28.0. The van der Waals surface area contributed by atoms with Crippen LogP contribution in [0.4, 0.5) is 11.4 Å². The Morgan fingerprint density at radius 2 is 1.82 bits per heavy atom. The molecule has 0 radical (unpaired) electrons. The average Bonchev–Trinajstić information content (AvgIpc) is 3.46. The highest BCUT2D eigenvalue weighted by atomic mass is 35.5. The molecule has 3 aromatic heterocycles. The van der Waals surface area contributed by atoms with E-state index < -0.39 is 21.1 Å². The summed E-state index contributed by atoms with van der Waals surface area (Å²) >= 11 is 6.37. The molecule has 15 heteroatoms. The summed E-state index contributed by atoms with van der Waals surface area (Å²) in [5, 5.41) is 27.9. The Kier molecular flexibility index (Phi) is 7.16. The average molecular weight is 613 g/mol. The third-order valence-corrected chi connectivity index (χ3v) is 6.70. The number of hydrogen-bond acceptors (Lipinski definition) is 11. The van der Waals surface area contributed by atoms with Crippen LogP contribution in [0.3, 0.4) is 0 Å². The van der Waals surface area contributed by atoms with Crippen LogP contribution in [0.25, 0.3) is 33.5 Å². The maximum absolute atomic E-state index is 13.6. The van der Waals surface area contributed by atoms with Crippen LogP contribution >= 0.6 is 11.6 Å². The Bertz CT molecular complexity index is 2190. The molecule has 3 heterocycles. The third-order valence-electron chi connectivity index (χ3n) is 6.42. The molecular weight excluding hydrogens is 596 g/mol. The minimum absolute atomic E-state index is 0.0769. The molecule has 6 aromatic rings. The van der Waals surface area contributed by atoms with Crippen LogP contribution in [0.1, 0.15) is 5.56 Å². The molecule has 0 saturated heterocycles. The first-order valence-corrected chi connectivity index (χ1v) is 13.0. The standard InChI is InChI=1S/C29H17ClN6O8/c1-42-23-7-4-8-24-19(23)13-25(43-24)28-33-21-6-3-2-5-18(21)29(37)34(28)32-14-16-11-20(30)27(22(12-16)36(40)41)44-26-10-9-17(15-31-26)35(38)39/h2-15H,1H3. The van der Waals surface area contributed by atoms with Crippen molar-refractivity contribution >= 4 is 51.1 Å². The van der Waals surface area contributed by atoms with Crippen molar-refractivity contribution < 1.29 is 23.7 Å². The van der Waals surface area contributed by atoms with Gasteiger partial charge >= 0.3 is 5.69 Å². The van der Waals surface area contributed by atoms with Gasteiger partial charge in [0, 0.05) is 23.8 Å². The fourth-order valence-corrected chi connectivity index (χ4v) is 4.65. The number of ether oxygens (including phenoxy) is 2. The van der Waals surface area contributed by atoms with Crippen molar-refractivity contribution in [1.82, 2.24) is 14.6 Å². The van der Waals surface area contributed by atoms with Crippen molar-refractivity contribution in [3.05, 3.63) is 120 Å². The Balaban J connectivity index is 1.44. The fourth-order valence-electron chi connectivity index (χ4n) is 4.39. The molecule has 0 spiro atoms. The lowest BCUT2D eigenvalue weighted by Gasteiger charge is -2.09. The largest absolute Gasteiger partial charge is 0.496 e. The predicted molar refractivity (Wildman–Crippen MR) is 160 cm³/mol. The third kappa shape index (κ3) is 5.16. The Morgan fingerprint density at radius 1 is 1.00 bits per heavy atom. The van der Waals surface area contributed by atoms with Gasteiger partial charge in [0.1, 0.15) is 17.5 Å². The number of nitro benzene ring substituents is 1. The second-order valence-corrected chi connectivity index (χ2v) is 9.53. The van der Waals surface area contributed by atoms with Crippen molar-refractivity contribution in [3.63, 3.8) is 0 Å². The highest BCUT2D eigenvalue weighted by Crippen LogP contribution is 2.39. The van der Waals surface area contributed by atoms with E-state index in [4.69, 9.17) is 25.5 Å². The smallest absolute Gasteiger partial charge is 0.313 e. The SMILES string of the molecule is COc1cccc2oc(-c3nc4ccccc4c(=O)n3N=Cc3cc(Cl)c(Oc4ccc([N+](=O)[O-])cn4)c([N+](=O)[O-])c3)cc12. The predicted octanol–water partition coefficient (Wildman–Crippen LogP) is 6.36. The van der Waals surface area contributed by atoms with E-state index in [2.05, 4.69) is 15.1 Å². The molecule has 0 aliphatic rings. The van der Waals surface area contributed by atoms with Crippen LogP contribution in [-0.4, -0.2) is 37.8 Å². The first-order chi connectivity index (χ1) is 21.2. The van der Waals surface area contributed by atoms with Crippen LogP contribution in [0, 0.1) is 20.2 Å². The minimum Gasteiger partial charge on any atom is -0.496 e. The molecule has 44 heavy (non-hydrogen) atoms. The number of fused-ring (bicyclic) bond motifs is 2. The number of furan rings is 1. The van der Waals surface area contributed by atoms with Gasteiger partial charge in [-0.1, -0.05) is 29.8 Å². The monoisotopic (exact) mass is 612 g/mol. The van der Waals surface area contributed by atoms with Gasteiger partial charge in [-0.2, -0.15) is 9.78 Å². The van der Waals surface area contributed by atoms with Gasteiger partial charge in [0.2, 0.25) is 17.5 Å². The van der Waals surface area contributed by atoms with E-state index >= 15 is 0 Å². The van der Waals surface area contributed by atoms with Gasteiger partial charge in [0.25, 0.3) is 11.2 Å². The Hall–Kier alpha value is -6.15. The summed E-state index contributed by atoms with van der Waals surface area (Å²) in [6.45, 7) is 0. The molecule has 14 nitrogen and oxygen atoms in total. The molecule has 0 aliphatic carbocycles. The summed E-state index contributed by atoms with van der Waals surface area (Å²) in [5.41, 5.74) is -0.275. The quantitative estimate of drug-likeness (QED) is 0.107. The normalized spacial score (nSPS) is 11.3. The van der Waals surface area contributed by atoms with Crippen molar-refractivity contribution in [1.29, 1.82) is 0 Å². The molecule has 0 unspecified atom stereocenters. The van der Waals surface area contributed by atoms with Crippen molar-refractivity contribution in [3.8, 4) is 29.0 Å². The van der Waals surface area contributed by atoms with Gasteiger partial charge in [-0.3, -0.25) is 25.0 Å².